The van der Waals surface area contributed by atoms with E-state index in [0.717, 1.165) is 0 Å². The van der Waals surface area contributed by atoms with Crippen molar-refractivity contribution in [1.82, 2.24) is 0 Å². The molecule has 0 radical (unpaired) electrons. The van der Waals surface area contributed by atoms with Gasteiger partial charge in [-0.2, -0.15) is 0 Å². The quantitative estimate of drug-likeness (QED) is 0.701. The van der Waals surface area contributed by atoms with E-state index in [-0.39, 0.29) is 17.3 Å². The summed E-state index contributed by atoms with van der Waals surface area (Å²) >= 11 is 0. The number of aliphatic carboxylic acids is 1. The lowest BCUT2D eigenvalue weighted by atomic mass is 10.1. The summed E-state index contributed by atoms with van der Waals surface area (Å²) in [4.78, 5) is 10.8. The summed E-state index contributed by atoms with van der Waals surface area (Å²) < 4.78 is 0. The van der Waals surface area contributed by atoms with Gasteiger partial charge in [0, 0.05) is 0 Å². The summed E-state index contributed by atoms with van der Waals surface area (Å²) in [6, 6.07) is 0. The molecule has 2 heteroatoms. The third-order valence-corrected chi connectivity index (χ3v) is 2.92. The molecule has 0 unspecified atom stereocenters. The van der Waals surface area contributed by atoms with E-state index in [1.54, 1.807) is 0 Å². The highest BCUT2D eigenvalue weighted by molar-refractivity contribution is 5.76. The molecule has 14 heavy (non-hydrogen) atoms. The molecule has 78 valence electrons. The molecule has 1 aliphatic rings. The Balaban J connectivity index is 2.62. The molecular weight excluding hydrogens is 176 g/mol. The number of carboxylic acid groups (broad SMARTS) is 1. The molecule has 1 rings (SSSR count). The van der Waals surface area contributed by atoms with E-state index in [1.807, 2.05) is 45.9 Å². The predicted octanol–water partition coefficient (Wildman–Crippen LogP) is 2.87. The van der Waals surface area contributed by atoms with Gasteiger partial charge in [0.1, 0.15) is 0 Å². The second-order valence-corrected chi connectivity index (χ2v) is 4.79. The van der Waals surface area contributed by atoms with Crippen LogP contribution in [-0.4, -0.2) is 11.1 Å². The van der Waals surface area contributed by atoms with Crippen LogP contribution in [0.3, 0.4) is 0 Å². The summed E-state index contributed by atoms with van der Waals surface area (Å²) in [6.45, 7) is 8.06. The molecule has 0 spiro atoms. The second kappa shape index (κ2) is 3.60. The Kier molecular flexibility index (Phi) is 2.84. The maximum absolute atomic E-state index is 10.8. The van der Waals surface area contributed by atoms with Gasteiger partial charge in [0.05, 0.1) is 5.92 Å². The van der Waals surface area contributed by atoms with Gasteiger partial charge >= 0.3 is 5.97 Å². The lowest BCUT2D eigenvalue weighted by molar-refractivity contribution is -0.139. The van der Waals surface area contributed by atoms with Gasteiger partial charge < -0.3 is 5.11 Å². The van der Waals surface area contributed by atoms with Crippen molar-refractivity contribution >= 4 is 5.97 Å². The first-order valence-corrected chi connectivity index (χ1v) is 4.92. The van der Waals surface area contributed by atoms with Gasteiger partial charge in [-0.15, -0.1) is 0 Å². The molecule has 0 aliphatic heterocycles. The van der Waals surface area contributed by atoms with E-state index in [9.17, 15) is 4.79 Å². The molecule has 0 aromatic heterocycles. The average molecular weight is 194 g/mol. The van der Waals surface area contributed by atoms with Gasteiger partial charge in [0.15, 0.2) is 0 Å². The Morgan fingerprint density at radius 3 is 2.29 bits per heavy atom. The van der Waals surface area contributed by atoms with Crippen LogP contribution in [-0.2, 0) is 4.79 Å². The Hall–Kier alpha value is -1.05. The van der Waals surface area contributed by atoms with Crippen LogP contribution in [0, 0.1) is 17.3 Å². The van der Waals surface area contributed by atoms with Crippen LogP contribution in [0.15, 0.2) is 23.8 Å². The summed E-state index contributed by atoms with van der Waals surface area (Å²) in [5.41, 5.74) is 1.16. The molecular formula is C12H18O2. The summed E-state index contributed by atoms with van der Waals surface area (Å²) in [7, 11) is 0. The van der Waals surface area contributed by atoms with Gasteiger partial charge in [0.25, 0.3) is 0 Å². The van der Waals surface area contributed by atoms with Crippen LogP contribution in [0.1, 0.15) is 27.7 Å². The molecule has 1 saturated carbocycles. The monoisotopic (exact) mass is 194 g/mol. The first kappa shape index (κ1) is 11.0. The van der Waals surface area contributed by atoms with Gasteiger partial charge in [-0.3, -0.25) is 4.79 Å². The van der Waals surface area contributed by atoms with E-state index >= 15 is 0 Å². The van der Waals surface area contributed by atoms with Crippen LogP contribution in [0.25, 0.3) is 0 Å². The van der Waals surface area contributed by atoms with E-state index in [0.29, 0.717) is 0 Å². The van der Waals surface area contributed by atoms with Crippen LogP contribution in [0.5, 0.6) is 0 Å². The Labute approximate surface area is 85.3 Å². The van der Waals surface area contributed by atoms with Crippen molar-refractivity contribution in [3.8, 4) is 0 Å². The standard InChI is InChI=1S/C12H18O2/c1-8(2)6-5-7-9-10(11(13)14)12(9,3)4/h5-7,9-10H,1-4H3,(H,13,14)/t9-,10-/m0/s1. The maximum Gasteiger partial charge on any atom is 0.307 e. The van der Waals surface area contributed by atoms with E-state index < -0.39 is 5.97 Å². The first-order valence-electron chi connectivity index (χ1n) is 4.92. The molecule has 2 nitrogen and oxygen atoms in total. The van der Waals surface area contributed by atoms with Crippen molar-refractivity contribution in [3.63, 3.8) is 0 Å². The van der Waals surface area contributed by atoms with E-state index in [1.165, 1.54) is 5.57 Å². The topological polar surface area (TPSA) is 37.3 Å². The molecule has 1 aliphatic carbocycles. The third-order valence-electron chi connectivity index (χ3n) is 2.92. The molecule has 0 saturated heterocycles. The predicted molar refractivity (Wildman–Crippen MR) is 57.0 cm³/mol. The van der Waals surface area contributed by atoms with E-state index in [2.05, 4.69) is 0 Å². The minimum atomic E-state index is -0.679. The van der Waals surface area contributed by atoms with Gasteiger partial charge in [-0.05, 0) is 25.2 Å². The molecule has 1 N–H and O–H groups in total. The minimum absolute atomic E-state index is 0.0716. The molecule has 0 heterocycles. The fraction of sp³-hybridized carbons (Fsp3) is 0.583. The normalized spacial score (nSPS) is 28.9. The third kappa shape index (κ3) is 2.06. The molecule has 2 atom stereocenters. The zero-order valence-electron chi connectivity index (χ0n) is 9.24. The number of hydrogen-bond donors (Lipinski definition) is 1. The number of hydrogen-bond acceptors (Lipinski definition) is 1. The highest BCUT2D eigenvalue weighted by Gasteiger charge is 2.60. The van der Waals surface area contributed by atoms with Crippen molar-refractivity contribution in [2.45, 2.75) is 27.7 Å². The lowest BCUT2D eigenvalue weighted by Crippen LogP contribution is -2.02. The molecule has 0 aromatic carbocycles. The van der Waals surface area contributed by atoms with Crippen molar-refractivity contribution in [2.24, 2.45) is 17.3 Å². The van der Waals surface area contributed by atoms with Crippen molar-refractivity contribution in [3.05, 3.63) is 23.8 Å². The minimum Gasteiger partial charge on any atom is -0.481 e. The first-order chi connectivity index (χ1) is 6.37. The maximum atomic E-state index is 10.8. The fourth-order valence-electron chi connectivity index (χ4n) is 1.88. The highest BCUT2D eigenvalue weighted by Crippen LogP contribution is 2.58. The highest BCUT2D eigenvalue weighted by atomic mass is 16.4. The molecule has 0 bridgehead atoms. The van der Waals surface area contributed by atoms with Gasteiger partial charge in [-0.25, -0.2) is 0 Å². The molecule has 0 amide bonds. The number of allylic oxidation sites excluding steroid dienone is 4. The Morgan fingerprint density at radius 1 is 1.36 bits per heavy atom. The number of carboxylic acids is 1. The summed E-state index contributed by atoms with van der Waals surface area (Å²) in [5, 5.41) is 8.92. The van der Waals surface area contributed by atoms with Crippen molar-refractivity contribution < 1.29 is 9.90 Å². The van der Waals surface area contributed by atoms with Crippen molar-refractivity contribution in [2.75, 3.05) is 0 Å². The van der Waals surface area contributed by atoms with Gasteiger partial charge in [0.2, 0.25) is 0 Å². The summed E-state index contributed by atoms with van der Waals surface area (Å²) in [6.07, 6.45) is 5.98. The zero-order chi connectivity index (χ0) is 10.9. The lowest BCUT2D eigenvalue weighted by Gasteiger charge is -1.96. The van der Waals surface area contributed by atoms with Crippen LogP contribution in [0.4, 0.5) is 0 Å². The zero-order valence-corrected chi connectivity index (χ0v) is 9.24. The summed E-state index contributed by atoms with van der Waals surface area (Å²) in [5.74, 6) is -0.693. The average Bonchev–Trinajstić information content (AvgIpc) is 2.52. The van der Waals surface area contributed by atoms with E-state index in [4.69, 9.17) is 5.11 Å². The second-order valence-electron chi connectivity index (χ2n) is 4.79. The van der Waals surface area contributed by atoms with Crippen LogP contribution < -0.4 is 0 Å². The smallest absolute Gasteiger partial charge is 0.307 e. The van der Waals surface area contributed by atoms with Crippen LogP contribution >= 0.6 is 0 Å². The van der Waals surface area contributed by atoms with Gasteiger partial charge in [-0.1, -0.05) is 37.6 Å². The van der Waals surface area contributed by atoms with Crippen LogP contribution in [0.2, 0.25) is 0 Å². The largest absolute Gasteiger partial charge is 0.481 e. The molecule has 1 fully saturated rings. The number of rotatable bonds is 3. The molecule has 0 aromatic rings. The SMILES string of the molecule is CC(C)=CC=C[C@H]1[C@@H](C(=O)O)C1(C)C. The Bertz CT molecular complexity index is 293. The Morgan fingerprint density at radius 2 is 1.93 bits per heavy atom. The fourth-order valence-corrected chi connectivity index (χ4v) is 1.88. The number of carbonyl (C=O) groups is 1. The van der Waals surface area contributed by atoms with Crippen molar-refractivity contribution in [1.29, 1.82) is 0 Å².